The van der Waals surface area contributed by atoms with Gasteiger partial charge in [0, 0.05) is 17.3 Å². The molecule has 0 saturated heterocycles. The lowest BCUT2D eigenvalue weighted by Crippen LogP contribution is -2.39. The molecule has 0 bridgehead atoms. The molecule has 2 atom stereocenters. The summed E-state index contributed by atoms with van der Waals surface area (Å²) in [4.78, 5) is 25.5. The topological polar surface area (TPSA) is 94.1 Å². The molecule has 28 heavy (non-hydrogen) atoms. The van der Waals surface area contributed by atoms with E-state index in [9.17, 15) is 14.7 Å². The van der Waals surface area contributed by atoms with Gasteiger partial charge in [0.2, 0.25) is 0 Å². The van der Waals surface area contributed by atoms with Crippen molar-refractivity contribution in [2.24, 2.45) is 5.92 Å². The summed E-state index contributed by atoms with van der Waals surface area (Å²) >= 11 is 3.29. The van der Waals surface area contributed by atoms with Crippen molar-refractivity contribution in [1.29, 1.82) is 0 Å². The third-order valence-electron chi connectivity index (χ3n) is 4.44. The quantitative estimate of drug-likeness (QED) is 0.637. The van der Waals surface area contributed by atoms with Gasteiger partial charge in [-0.1, -0.05) is 6.58 Å². The average Bonchev–Trinajstić information content (AvgIpc) is 2.63. The molecule has 1 aromatic carbocycles. The molecular weight excluding hydrogens is 430 g/mol. The van der Waals surface area contributed by atoms with Crippen LogP contribution in [0.5, 0.6) is 11.5 Å². The minimum Gasteiger partial charge on any atom is -0.503 e. The van der Waals surface area contributed by atoms with E-state index >= 15 is 0 Å². The second kappa shape index (κ2) is 9.14. The number of allylic oxidation sites excluding steroid dienone is 1. The molecule has 0 saturated carbocycles. The summed E-state index contributed by atoms with van der Waals surface area (Å²) < 4.78 is 16.1. The molecule has 0 aliphatic carbocycles. The maximum absolute atomic E-state index is 12.7. The predicted molar refractivity (Wildman–Crippen MR) is 107 cm³/mol. The highest BCUT2D eigenvalue weighted by molar-refractivity contribution is 9.10. The molecular formula is C20H24BrNO6. The molecule has 0 amide bonds. The van der Waals surface area contributed by atoms with Crippen LogP contribution >= 0.6 is 15.9 Å². The summed E-state index contributed by atoms with van der Waals surface area (Å²) in [6.07, 6.45) is 0. The van der Waals surface area contributed by atoms with Gasteiger partial charge < -0.3 is 24.6 Å². The first-order valence-corrected chi connectivity index (χ1v) is 9.62. The SMILES string of the molecule is C=C1NC(C)=C(C(=O)OCC)C(c2cc(Br)c(O)c(OC)c2)C1C(=O)OCC. The summed E-state index contributed by atoms with van der Waals surface area (Å²) in [6.45, 7) is 9.47. The Morgan fingerprint density at radius 2 is 1.89 bits per heavy atom. The van der Waals surface area contributed by atoms with E-state index in [1.807, 2.05) is 0 Å². The Hall–Kier alpha value is -2.48. The van der Waals surface area contributed by atoms with E-state index in [2.05, 4.69) is 27.8 Å². The Balaban J connectivity index is 2.72. The Labute approximate surface area is 172 Å². The third-order valence-corrected chi connectivity index (χ3v) is 5.04. The van der Waals surface area contributed by atoms with Gasteiger partial charge in [0.05, 0.1) is 30.4 Å². The standard InChI is InChI=1S/C20H24BrNO6/c1-6-27-19(24)15-10(3)22-11(4)16(20(25)28-7-2)17(15)12-8-13(21)18(23)14(9-12)26-5/h8-9,15,17,22-23H,3,6-7H2,1-2,4-5H3. The van der Waals surface area contributed by atoms with Crippen molar-refractivity contribution in [3.63, 3.8) is 0 Å². The van der Waals surface area contributed by atoms with Crippen molar-refractivity contribution in [3.05, 3.63) is 45.7 Å². The number of benzene rings is 1. The number of phenolic OH excluding ortho intramolecular Hbond substituents is 1. The number of rotatable bonds is 6. The molecule has 152 valence electrons. The third kappa shape index (κ3) is 4.16. The number of nitrogens with one attached hydrogen (secondary N) is 1. The smallest absolute Gasteiger partial charge is 0.336 e. The molecule has 1 aliphatic rings. The van der Waals surface area contributed by atoms with Gasteiger partial charge in [-0.15, -0.1) is 0 Å². The van der Waals surface area contributed by atoms with Crippen LogP contribution in [0.15, 0.2) is 40.2 Å². The zero-order valence-corrected chi connectivity index (χ0v) is 17.9. The van der Waals surface area contributed by atoms with E-state index in [1.165, 1.54) is 7.11 Å². The number of ether oxygens (including phenoxy) is 3. The number of hydrogen-bond donors (Lipinski definition) is 2. The molecule has 0 radical (unpaired) electrons. The summed E-state index contributed by atoms with van der Waals surface area (Å²) in [5, 5.41) is 13.1. The molecule has 1 aliphatic heterocycles. The molecule has 1 heterocycles. The highest BCUT2D eigenvalue weighted by atomic mass is 79.9. The Bertz CT molecular complexity index is 832. The Morgan fingerprint density at radius 1 is 1.25 bits per heavy atom. The van der Waals surface area contributed by atoms with E-state index in [-0.39, 0.29) is 24.7 Å². The minimum absolute atomic E-state index is 0.0786. The first-order chi connectivity index (χ1) is 13.3. The largest absolute Gasteiger partial charge is 0.503 e. The zero-order valence-electron chi connectivity index (χ0n) is 16.3. The van der Waals surface area contributed by atoms with Gasteiger partial charge in [-0.25, -0.2) is 4.79 Å². The first-order valence-electron chi connectivity index (χ1n) is 8.83. The maximum atomic E-state index is 12.7. The minimum atomic E-state index is -0.857. The van der Waals surface area contributed by atoms with Gasteiger partial charge in [-0.3, -0.25) is 4.79 Å². The summed E-state index contributed by atoms with van der Waals surface area (Å²) in [7, 11) is 1.42. The molecule has 1 aromatic rings. The fourth-order valence-electron chi connectivity index (χ4n) is 3.27. The van der Waals surface area contributed by atoms with E-state index in [1.54, 1.807) is 32.9 Å². The Morgan fingerprint density at radius 3 is 2.46 bits per heavy atom. The van der Waals surface area contributed by atoms with E-state index in [0.717, 1.165) is 0 Å². The summed E-state index contributed by atoms with van der Waals surface area (Å²) in [6, 6.07) is 3.22. The van der Waals surface area contributed by atoms with Gasteiger partial charge in [-0.05, 0) is 54.4 Å². The van der Waals surface area contributed by atoms with Crippen LogP contribution in [0.1, 0.15) is 32.3 Å². The highest BCUT2D eigenvalue weighted by Gasteiger charge is 2.43. The summed E-state index contributed by atoms with van der Waals surface area (Å²) in [5.41, 5.74) is 1.82. The van der Waals surface area contributed by atoms with Crippen molar-refractivity contribution >= 4 is 27.9 Å². The van der Waals surface area contributed by atoms with Crippen LogP contribution < -0.4 is 10.1 Å². The second-order valence-electron chi connectivity index (χ2n) is 6.17. The number of aromatic hydroxyl groups is 1. The highest BCUT2D eigenvalue weighted by Crippen LogP contribution is 2.45. The molecule has 0 fully saturated rings. The fraction of sp³-hybridized carbons (Fsp3) is 0.400. The normalized spacial score (nSPS) is 19.1. The number of hydrogen-bond acceptors (Lipinski definition) is 7. The monoisotopic (exact) mass is 453 g/mol. The second-order valence-corrected chi connectivity index (χ2v) is 7.02. The molecule has 2 rings (SSSR count). The summed E-state index contributed by atoms with van der Waals surface area (Å²) in [5.74, 6) is -2.51. The van der Waals surface area contributed by atoms with Crippen LogP contribution in [0.25, 0.3) is 0 Å². The average molecular weight is 454 g/mol. The van der Waals surface area contributed by atoms with Crippen molar-refractivity contribution in [2.75, 3.05) is 20.3 Å². The van der Waals surface area contributed by atoms with Crippen molar-refractivity contribution < 1.29 is 28.9 Å². The lowest BCUT2D eigenvalue weighted by atomic mass is 9.75. The van der Waals surface area contributed by atoms with Crippen molar-refractivity contribution in [3.8, 4) is 11.5 Å². The number of methoxy groups -OCH3 is 1. The first kappa shape index (κ1) is 21.8. The molecule has 2 N–H and O–H groups in total. The zero-order chi connectivity index (χ0) is 21.0. The predicted octanol–water partition coefficient (Wildman–Crippen LogP) is 3.38. The van der Waals surface area contributed by atoms with E-state index in [0.29, 0.717) is 27.0 Å². The van der Waals surface area contributed by atoms with Gasteiger partial charge in [0.25, 0.3) is 0 Å². The molecule has 2 unspecified atom stereocenters. The van der Waals surface area contributed by atoms with Gasteiger partial charge in [-0.2, -0.15) is 0 Å². The molecule has 8 heteroatoms. The van der Waals surface area contributed by atoms with Gasteiger partial charge in [0.15, 0.2) is 11.5 Å². The molecule has 0 spiro atoms. The van der Waals surface area contributed by atoms with Crippen molar-refractivity contribution in [2.45, 2.75) is 26.7 Å². The number of carbonyl (C=O) groups is 2. The number of phenols is 1. The Kier molecular flexibility index (Phi) is 7.12. The van der Waals surface area contributed by atoms with Crippen LogP contribution in [0.2, 0.25) is 0 Å². The molecule has 7 nitrogen and oxygen atoms in total. The van der Waals surface area contributed by atoms with Gasteiger partial charge >= 0.3 is 11.9 Å². The maximum Gasteiger partial charge on any atom is 0.336 e. The van der Waals surface area contributed by atoms with Crippen LogP contribution in [-0.4, -0.2) is 37.4 Å². The van der Waals surface area contributed by atoms with Crippen LogP contribution in [0.4, 0.5) is 0 Å². The number of carbonyl (C=O) groups excluding carboxylic acids is 2. The fourth-order valence-corrected chi connectivity index (χ4v) is 3.73. The van der Waals surface area contributed by atoms with Crippen molar-refractivity contribution in [1.82, 2.24) is 5.32 Å². The lowest BCUT2D eigenvalue weighted by Gasteiger charge is -2.35. The van der Waals surface area contributed by atoms with Crippen LogP contribution in [-0.2, 0) is 19.1 Å². The lowest BCUT2D eigenvalue weighted by molar-refractivity contribution is -0.147. The van der Waals surface area contributed by atoms with Crippen LogP contribution in [0, 0.1) is 5.92 Å². The van der Waals surface area contributed by atoms with E-state index < -0.39 is 23.8 Å². The van der Waals surface area contributed by atoms with Gasteiger partial charge in [0.1, 0.15) is 5.92 Å². The molecule has 0 aromatic heterocycles. The number of esters is 2. The van der Waals surface area contributed by atoms with E-state index in [4.69, 9.17) is 14.2 Å². The number of halogens is 1. The van der Waals surface area contributed by atoms with Crippen LogP contribution in [0.3, 0.4) is 0 Å².